The zero-order valence-electron chi connectivity index (χ0n) is 20.5. The molecule has 184 valence electrons. The smallest absolute Gasteiger partial charge is 0.309 e. The summed E-state index contributed by atoms with van der Waals surface area (Å²) in [6.07, 6.45) is 4.34. The predicted octanol–water partition coefficient (Wildman–Crippen LogP) is 5.70. The van der Waals surface area contributed by atoms with Crippen LogP contribution in [0, 0.1) is 25.7 Å². The summed E-state index contributed by atoms with van der Waals surface area (Å²) in [7, 11) is 0. The molecule has 3 aromatic rings. The molecule has 35 heavy (non-hydrogen) atoms. The maximum atomic E-state index is 12.3. The SMILES string of the molecule is CCCOc1ccc(-n2nncc2COc2cc(C)c3c(c2C)[C@@H]2OC(=O)[C@@H](C)[C@@H]2CC3)cc1Cl. The number of carbonyl (C=O) groups is 1. The van der Waals surface area contributed by atoms with Crippen molar-refractivity contribution in [2.24, 2.45) is 11.8 Å². The van der Waals surface area contributed by atoms with Crippen LogP contribution >= 0.6 is 11.6 Å². The van der Waals surface area contributed by atoms with Crippen molar-refractivity contribution >= 4 is 17.6 Å². The Morgan fingerprint density at radius 2 is 2.03 bits per heavy atom. The summed E-state index contributed by atoms with van der Waals surface area (Å²) in [5.74, 6) is 1.49. The highest BCUT2D eigenvalue weighted by Gasteiger charge is 2.46. The molecule has 1 aromatic heterocycles. The number of ether oxygens (including phenoxy) is 3. The van der Waals surface area contributed by atoms with Gasteiger partial charge in [-0.1, -0.05) is 30.7 Å². The van der Waals surface area contributed by atoms with Crippen molar-refractivity contribution in [3.63, 3.8) is 0 Å². The summed E-state index contributed by atoms with van der Waals surface area (Å²) in [6.45, 7) is 9.07. The number of hydrogen-bond acceptors (Lipinski definition) is 6. The van der Waals surface area contributed by atoms with Crippen LogP contribution in [-0.2, 0) is 22.6 Å². The van der Waals surface area contributed by atoms with Crippen molar-refractivity contribution in [2.75, 3.05) is 6.61 Å². The van der Waals surface area contributed by atoms with Gasteiger partial charge in [-0.15, -0.1) is 5.10 Å². The fourth-order valence-electron chi connectivity index (χ4n) is 5.25. The first-order chi connectivity index (χ1) is 16.9. The molecule has 7 nitrogen and oxygen atoms in total. The number of fused-ring (bicyclic) bond motifs is 3. The van der Waals surface area contributed by atoms with E-state index in [9.17, 15) is 4.79 Å². The van der Waals surface area contributed by atoms with Gasteiger partial charge in [0, 0.05) is 11.5 Å². The zero-order chi connectivity index (χ0) is 24.7. The molecule has 1 aliphatic carbocycles. The minimum Gasteiger partial charge on any atom is -0.492 e. The van der Waals surface area contributed by atoms with E-state index >= 15 is 0 Å². The van der Waals surface area contributed by atoms with E-state index in [-0.39, 0.29) is 30.5 Å². The fraction of sp³-hybridized carbons (Fsp3) is 0.444. The third-order valence-corrected chi connectivity index (χ3v) is 7.49. The summed E-state index contributed by atoms with van der Waals surface area (Å²) >= 11 is 6.42. The Bertz CT molecular complexity index is 1270. The summed E-state index contributed by atoms with van der Waals surface area (Å²) < 4.78 is 19.5. The van der Waals surface area contributed by atoms with Crippen molar-refractivity contribution in [1.82, 2.24) is 15.0 Å². The van der Waals surface area contributed by atoms with Gasteiger partial charge < -0.3 is 14.2 Å². The lowest BCUT2D eigenvalue weighted by Gasteiger charge is -2.31. The van der Waals surface area contributed by atoms with Crippen molar-refractivity contribution in [2.45, 2.75) is 59.7 Å². The number of halogens is 1. The monoisotopic (exact) mass is 495 g/mol. The maximum absolute atomic E-state index is 12.3. The lowest BCUT2D eigenvalue weighted by molar-refractivity contribution is -0.144. The number of aryl methyl sites for hydroxylation is 1. The maximum Gasteiger partial charge on any atom is 0.309 e. The van der Waals surface area contributed by atoms with E-state index in [1.165, 1.54) is 5.56 Å². The second-order valence-corrected chi connectivity index (χ2v) is 9.85. The summed E-state index contributed by atoms with van der Waals surface area (Å²) in [6, 6.07) is 7.64. The minimum atomic E-state index is -0.189. The second-order valence-electron chi connectivity index (χ2n) is 9.45. The first kappa shape index (κ1) is 23.7. The quantitative estimate of drug-likeness (QED) is 0.391. The van der Waals surface area contributed by atoms with Gasteiger partial charge in [0.05, 0.1) is 29.4 Å². The molecule has 3 atom stereocenters. The molecule has 2 aromatic carbocycles. The Morgan fingerprint density at radius 3 is 2.80 bits per heavy atom. The molecule has 0 N–H and O–H groups in total. The van der Waals surface area contributed by atoms with Crippen LogP contribution in [0.25, 0.3) is 5.69 Å². The Hall–Kier alpha value is -3.06. The zero-order valence-corrected chi connectivity index (χ0v) is 21.3. The van der Waals surface area contributed by atoms with Crippen molar-refractivity contribution in [3.05, 3.63) is 63.4 Å². The van der Waals surface area contributed by atoms with Gasteiger partial charge in [0.25, 0.3) is 0 Å². The standard InChI is InChI=1S/C27H30ClN3O4/c1-5-10-33-23-9-6-18(12-22(23)28)31-19(13-29-30-31)14-34-24-11-15(2)20-7-8-21-16(3)27(32)35-26(21)25(20)17(24)4/h6,9,11-13,16,21,26H,5,7-8,10,14H2,1-4H3/t16-,21-,26+/m0/s1. The van der Waals surface area contributed by atoms with Gasteiger partial charge in [-0.25, -0.2) is 4.68 Å². The molecule has 1 saturated heterocycles. The molecule has 1 fully saturated rings. The summed E-state index contributed by atoms with van der Waals surface area (Å²) in [5, 5.41) is 8.84. The second kappa shape index (κ2) is 9.53. The fourth-order valence-corrected chi connectivity index (χ4v) is 5.48. The van der Waals surface area contributed by atoms with Crippen LogP contribution in [0.3, 0.4) is 0 Å². The van der Waals surface area contributed by atoms with E-state index < -0.39 is 0 Å². The Balaban J connectivity index is 1.39. The van der Waals surface area contributed by atoms with Gasteiger partial charge in [-0.3, -0.25) is 4.79 Å². The number of aromatic nitrogens is 3. The van der Waals surface area contributed by atoms with E-state index in [2.05, 4.69) is 37.1 Å². The van der Waals surface area contributed by atoms with Crippen LogP contribution < -0.4 is 9.47 Å². The van der Waals surface area contributed by atoms with Crippen LogP contribution in [0.2, 0.25) is 5.02 Å². The number of nitrogens with zero attached hydrogens (tertiary/aromatic N) is 3. The van der Waals surface area contributed by atoms with Gasteiger partial charge in [0.15, 0.2) is 0 Å². The normalized spacial score (nSPS) is 20.8. The Kier molecular flexibility index (Phi) is 6.45. The number of esters is 1. The average molecular weight is 496 g/mol. The minimum absolute atomic E-state index is 0.0663. The van der Waals surface area contributed by atoms with Crippen LogP contribution in [0.1, 0.15) is 60.7 Å². The van der Waals surface area contributed by atoms with E-state index in [1.807, 2.05) is 25.1 Å². The molecule has 0 saturated carbocycles. The van der Waals surface area contributed by atoms with E-state index in [0.29, 0.717) is 17.4 Å². The predicted molar refractivity (Wildman–Crippen MR) is 132 cm³/mol. The summed E-state index contributed by atoms with van der Waals surface area (Å²) in [5.41, 5.74) is 6.16. The third-order valence-electron chi connectivity index (χ3n) is 7.20. The van der Waals surface area contributed by atoms with Gasteiger partial charge in [-0.2, -0.15) is 0 Å². The van der Waals surface area contributed by atoms with E-state index in [4.69, 9.17) is 25.8 Å². The lowest BCUT2D eigenvalue weighted by atomic mass is 9.74. The lowest BCUT2D eigenvalue weighted by Crippen LogP contribution is -2.22. The third kappa shape index (κ3) is 4.27. The van der Waals surface area contributed by atoms with Gasteiger partial charge in [0.2, 0.25) is 0 Å². The highest BCUT2D eigenvalue weighted by molar-refractivity contribution is 6.32. The van der Waals surface area contributed by atoms with Crippen LogP contribution in [0.4, 0.5) is 0 Å². The molecule has 0 bridgehead atoms. The Morgan fingerprint density at radius 1 is 1.20 bits per heavy atom. The molecular formula is C27H30ClN3O4. The Labute approximate surface area is 210 Å². The van der Waals surface area contributed by atoms with Gasteiger partial charge in [0.1, 0.15) is 29.9 Å². The molecule has 0 amide bonds. The van der Waals surface area contributed by atoms with Crippen LogP contribution in [0.5, 0.6) is 11.5 Å². The first-order valence-electron chi connectivity index (χ1n) is 12.2. The van der Waals surface area contributed by atoms with Gasteiger partial charge in [-0.05, 0) is 74.1 Å². The largest absolute Gasteiger partial charge is 0.492 e. The van der Waals surface area contributed by atoms with Crippen molar-refractivity contribution in [3.8, 4) is 17.2 Å². The van der Waals surface area contributed by atoms with Gasteiger partial charge >= 0.3 is 5.97 Å². The van der Waals surface area contributed by atoms with Crippen LogP contribution in [-0.4, -0.2) is 27.6 Å². The average Bonchev–Trinajstić information content (AvgIpc) is 3.43. The molecule has 0 unspecified atom stereocenters. The molecule has 1 aliphatic heterocycles. The molecule has 0 spiro atoms. The van der Waals surface area contributed by atoms with Crippen molar-refractivity contribution < 1.29 is 19.0 Å². The molecule has 2 heterocycles. The molecule has 5 rings (SSSR count). The molecular weight excluding hydrogens is 466 g/mol. The topological polar surface area (TPSA) is 75.5 Å². The van der Waals surface area contributed by atoms with E-state index in [0.717, 1.165) is 53.1 Å². The highest BCUT2D eigenvalue weighted by atomic mass is 35.5. The number of carbonyl (C=O) groups excluding carboxylic acids is 1. The molecule has 8 heteroatoms. The van der Waals surface area contributed by atoms with E-state index in [1.54, 1.807) is 10.9 Å². The summed E-state index contributed by atoms with van der Waals surface area (Å²) in [4.78, 5) is 12.3. The van der Waals surface area contributed by atoms with Crippen LogP contribution in [0.15, 0.2) is 30.5 Å². The molecule has 0 radical (unpaired) electrons. The number of benzene rings is 2. The number of hydrogen-bond donors (Lipinski definition) is 0. The highest BCUT2D eigenvalue weighted by Crippen LogP contribution is 2.49. The number of rotatable bonds is 7. The van der Waals surface area contributed by atoms with Crippen molar-refractivity contribution in [1.29, 1.82) is 0 Å². The molecule has 2 aliphatic rings. The first-order valence-corrected chi connectivity index (χ1v) is 12.5.